The van der Waals surface area contributed by atoms with Gasteiger partial charge in [0.15, 0.2) is 0 Å². The highest BCUT2D eigenvalue weighted by atomic mass is 32.1. The van der Waals surface area contributed by atoms with Crippen LogP contribution in [0, 0.1) is 17.2 Å². The quantitative estimate of drug-likeness (QED) is 0.450. The molecule has 0 spiro atoms. The first-order valence-electron chi connectivity index (χ1n) is 12.1. The fraction of sp³-hybridized carbons (Fsp3) is 0.423. The number of nitrogens with two attached hydrogens (primary N) is 1. The lowest BCUT2D eigenvalue weighted by atomic mass is 10.0. The second-order valence-corrected chi connectivity index (χ2v) is 10.3. The Morgan fingerprint density at radius 3 is 2.78 bits per heavy atom. The minimum atomic E-state index is -0.838. The van der Waals surface area contributed by atoms with Crippen molar-refractivity contribution in [2.75, 3.05) is 25.1 Å². The van der Waals surface area contributed by atoms with Crippen LogP contribution in [0.5, 0.6) is 0 Å². The van der Waals surface area contributed by atoms with Gasteiger partial charge in [0.05, 0.1) is 30.9 Å². The molecular formula is C26H30N6O4S. The van der Waals surface area contributed by atoms with Crippen LogP contribution in [0.2, 0.25) is 0 Å². The molecule has 0 radical (unpaired) electrons. The Balaban J connectivity index is 1.83. The summed E-state index contributed by atoms with van der Waals surface area (Å²) in [6.07, 6.45) is 1.71. The van der Waals surface area contributed by atoms with Gasteiger partial charge in [-0.05, 0) is 30.4 Å². The van der Waals surface area contributed by atoms with Gasteiger partial charge >= 0.3 is 5.97 Å². The molecule has 10 nitrogen and oxygen atoms in total. The number of rotatable bonds is 7. The third-order valence-corrected chi connectivity index (χ3v) is 7.47. The molecule has 1 fully saturated rings. The molecule has 1 amide bonds. The van der Waals surface area contributed by atoms with Crippen molar-refractivity contribution in [2.45, 2.75) is 45.3 Å². The number of amides is 1. The molecule has 3 N–H and O–H groups in total. The summed E-state index contributed by atoms with van der Waals surface area (Å²) in [5.74, 6) is -0.841. The number of nitriles is 1. The molecule has 2 unspecified atom stereocenters. The fourth-order valence-electron chi connectivity index (χ4n) is 4.51. The number of aromatic nitrogens is 2. The Morgan fingerprint density at radius 1 is 1.35 bits per heavy atom. The van der Waals surface area contributed by atoms with E-state index in [0.29, 0.717) is 34.9 Å². The zero-order valence-corrected chi connectivity index (χ0v) is 21.9. The van der Waals surface area contributed by atoms with Gasteiger partial charge in [-0.25, -0.2) is 9.78 Å². The van der Waals surface area contributed by atoms with E-state index in [0.717, 1.165) is 24.2 Å². The van der Waals surface area contributed by atoms with E-state index in [1.54, 1.807) is 35.9 Å². The lowest BCUT2D eigenvalue weighted by Crippen LogP contribution is -2.46. The van der Waals surface area contributed by atoms with Crippen LogP contribution < -0.4 is 21.5 Å². The van der Waals surface area contributed by atoms with E-state index in [-0.39, 0.29) is 35.1 Å². The van der Waals surface area contributed by atoms with E-state index in [9.17, 15) is 19.6 Å². The summed E-state index contributed by atoms with van der Waals surface area (Å²) in [6, 6.07) is 8.40. The van der Waals surface area contributed by atoms with Gasteiger partial charge in [0, 0.05) is 24.5 Å². The summed E-state index contributed by atoms with van der Waals surface area (Å²) >= 11 is 1.13. The van der Waals surface area contributed by atoms with Gasteiger partial charge in [-0.3, -0.25) is 14.2 Å². The van der Waals surface area contributed by atoms with Gasteiger partial charge < -0.3 is 20.7 Å². The Morgan fingerprint density at radius 2 is 2.11 bits per heavy atom. The molecule has 3 heterocycles. The van der Waals surface area contributed by atoms with Crippen LogP contribution in [0.1, 0.15) is 48.2 Å². The van der Waals surface area contributed by atoms with Gasteiger partial charge in [0.25, 0.3) is 11.5 Å². The van der Waals surface area contributed by atoms with E-state index in [1.165, 1.54) is 7.11 Å². The van der Waals surface area contributed by atoms with E-state index in [2.05, 4.69) is 11.4 Å². The SMILES string of the molecule is COC(=O)C(NC(=O)c1csc2c(=O)n(Cc3ccccc3C#N)c(N3CCCC(N)C3)nc12)C(C)C. The molecule has 2 aromatic heterocycles. The Labute approximate surface area is 218 Å². The molecule has 3 aromatic rings. The molecule has 1 saturated heterocycles. The van der Waals surface area contributed by atoms with E-state index in [4.69, 9.17) is 15.5 Å². The molecule has 1 aliphatic heterocycles. The number of carbonyl (C=O) groups is 2. The van der Waals surface area contributed by atoms with Crippen molar-refractivity contribution in [3.8, 4) is 6.07 Å². The van der Waals surface area contributed by atoms with Crippen LogP contribution in [0.4, 0.5) is 5.95 Å². The normalized spacial score (nSPS) is 16.4. The lowest BCUT2D eigenvalue weighted by molar-refractivity contribution is -0.144. The molecule has 2 atom stereocenters. The number of hydrogen-bond acceptors (Lipinski definition) is 9. The fourth-order valence-corrected chi connectivity index (χ4v) is 5.44. The first kappa shape index (κ1) is 26.3. The van der Waals surface area contributed by atoms with E-state index < -0.39 is 17.9 Å². The van der Waals surface area contributed by atoms with Gasteiger partial charge in [-0.15, -0.1) is 11.3 Å². The average Bonchev–Trinajstić information content (AvgIpc) is 3.32. The number of anilines is 1. The van der Waals surface area contributed by atoms with Crippen LogP contribution in [0.15, 0.2) is 34.4 Å². The van der Waals surface area contributed by atoms with Crippen molar-refractivity contribution >= 4 is 39.4 Å². The minimum Gasteiger partial charge on any atom is -0.467 e. The highest BCUT2D eigenvalue weighted by Crippen LogP contribution is 2.27. The minimum absolute atomic E-state index is 0.0710. The van der Waals surface area contributed by atoms with E-state index in [1.807, 2.05) is 17.0 Å². The van der Waals surface area contributed by atoms with Crippen LogP contribution in [0.3, 0.4) is 0 Å². The lowest BCUT2D eigenvalue weighted by Gasteiger charge is -2.33. The smallest absolute Gasteiger partial charge is 0.328 e. The predicted molar refractivity (Wildman–Crippen MR) is 142 cm³/mol. The molecule has 0 aliphatic carbocycles. The number of hydrogen-bond donors (Lipinski definition) is 2. The number of esters is 1. The summed E-state index contributed by atoms with van der Waals surface area (Å²) in [7, 11) is 1.27. The van der Waals surface area contributed by atoms with Gasteiger partial charge in [0.2, 0.25) is 5.95 Å². The highest BCUT2D eigenvalue weighted by Gasteiger charge is 2.29. The zero-order valence-electron chi connectivity index (χ0n) is 21.1. The molecule has 1 aliphatic rings. The number of piperidine rings is 1. The van der Waals surface area contributed by atoms with Crippen LogP contribution in [0.25, 0.3) is 10.2 Å². The van der Waals surface area contributed by atoms with E-state index >= 15 is 0 Å². The van der Waals surface area contributed by atoms with Gasteiger partial charge in [-0.1, -0.05) is 32.0 Å². The van der Waals surface area contributed by atoms with Crippen LogP contribution in [-0.4, -0.2) is 53.7 Å². The summed E-state index contributed by atoms with van der Waals surface area (Å²) < 4.78 is 6.72. The van der Waals surface area contributed by atoms with Crippen molar-refractivity contribution in [3.05, 3.63) is 56.7 Å². The number of fused-ring (bicyclic) bond motifs is 1. The Bertz CT molecular complexity index is 1420. The topological polar surface area (TPSA) is 143 Å². The number of nitrogens with one attached hydrogen (secondary N) is 1. The van der Waals surface area contributed by atoms with Gasteiger partial charge in [0.1, 0.15) is 16.3 Å². The maximum atomic E-state index is 13.8. The highest BCUT2D eigenvalue weighted by molar-refractivity contribution is 7.17. The third kappa shape index (κ3) is 5.35. The molecule has 0 saturated carbocycles. The third-order valence-electron chi connectivity index (χ3n) is 6.52. The molecule has 194 valence electrons. The summed E-state index contributed by atoms with van der Waals surface area (Å²) in [6.45, 7) is 4.95. The van der Waals surface area contributed by atoms with Crippen molar-refractivity contribution in [3.63, 3.8) is 0 Å². The molecule has 37 heavy (non-hydrogen) atoms. The van der Waals surface area contributed by atoms with Crippen molar-refractivity contribution in [1.29, 1.82) is 5.26 Å². The molecule has 4 rings (SSSR count). The maximum absolute atomic E-state index is 13.8. The molecule has 1 aromatic carbocycles. The second-order valence-electron chi connectivity index (χ2n) is 9.47. The Hall–Kier alpha value is -3.75. The van der Waals surface area contributed by atoms with Crippen LogP contribution in [-0.2, 0) is 16.1 Å². The maximum Gasteiger partial charge on any atom is 0.328 e. The molecule has 11 heteroatoms. The summed E-state index contributed by atoms with van der Waals surface area (Å²) in [5, 5.41) is 13.9. The molecule has 0 bridgehead atoms. The number of carbonyl (C=O) groups excluding carboxylic acids is 2. The van der Waals surface area contributed by atoms with Crippen molar-refractivity contribution < 1.29 is 14.3 Å². The second kappa shape index (κ2) is 11.1. The van der Waals surface area contributed by atoms with Crippen LogP contribution >= 0.6 is 11.3 Å². The zero-order chi connectivity index (χ0) is 26.7. The Kier molecular flexibility index (Phi) is 7.90. The number of thiophene rings is 1. The molecular weight excluding hydrogens is 492 g/mol. The first-order chi connectivity index (χ1) is 17.7. The van der Waals surface area contributed by atoms with Crippen molar-refractivity contribution in [1.82, 2.24) is 14.9 Å². The van der Waals surface area contributed by atoms with Gasteiger partial charge in [-0.2, -0.15) is 5.26 Å². The van der Waals surface area contributed by atoms with Crippen molar-refractivity contribution in [2.24, 2.45) is 11.7 Å². The average molecular weight is 523 g/mol. The number of benzene rings is 1. The summed E-state index contributed by atoms with van der Waals surface area (Å²) in [4.78, 5) is 46.0. The monoisotopic (exact) mass is 522 g/mol. The first-order valence-corrected chi connectivity index (χ1v) is 13.0. The number of methoxy groups -OCH3 is 1. The number of nitrogens with zero attached hydrogens (tertiary/aromatic N) is 4. The summed E-state index contributed by atoms with van der Waals surface area (Å²) in [5.41, 5.74) is 7.61. The predicted octanol–water partition coefficient (Wildman–Crippen LogP) is 2.23. The number of ether oxygens (including phenoxy) is 1. The standard InChI is InChI=1S/C26H30N6O4S/c1-15(2)20(25(35)36-3)29-23(33)19-14-37-22-21(19)30-26(31-10-6-9-18(28)13-31)32(24(22)34)12-17-8-5-4-7-16(17)11-27/h4-5,7-8,14-15,18,20H,6,9-10,12-13,28H2,1-3H3,(H,29,33). The largest absolute Gasteiger partial charge is 0.467 e.